The van der Waals surface area contributed by atoms with Gasteiger partial charge < -0.3 is 10.2 Å². The summed E-state index contributed by atoms with van der Waals surface area (Å²) in [4.78, 5) is 11.6. The van der Waals surface area contributed by atoms with Gasteiger partial charge in [-0.15, -0.1) is 0 Å². The van der Waals surface area contributed by atoms with Gasteiger partial charge in [-0.05, 0) is 26.0 Å². The van der Waals surface area contributed by atoms with Crippen LogP contribution in [-0.2, 0) is 0 Å². The molecule has 1 saturated carbocycles. The molecule has 4 heteroatoms. The van der Waals surface area contributed by atoms with Crippen molar-refractivity contribution in [3.63, 3.8) is 0 Å². The molecule has 1 aromatic rings. The Balaban J connectivity index is 1.69. The number of aromatic nitrogens is 2. The minimum atomic E-state index is 0.597. The smallest absolute Gasteiger partial charge is 0.133 e. The molecule has 0 spiro atoms. The van der Waals surface area contributed by atoms with Crippen LogP contribution in [0.3, 0.4) is 0 Å². The summed E-state index contributed by atoms with van der Waals surface area (Å²) in [6.45, 7) is 2.13. The molecule has 0 aromatic carbocycles. The highest BCUT2D eigenvalue weighted by molar-refractivity contribution is 5.42. The van der Waals surface area contributed by atoms with Crippen molar-refractivity contribution in [3.05, 3.63) is 18.1 Å². The molecule has 3 rings (SSSR count). The Bertz CT molecular complexity index is 395. The van der Waals surface area contributed by atoms with Crippen LogP contribution < -0.4 is 10.2 Å². The van der Waals surface area contributed by atoms with Crippen molar-refractivity contribution in [1.82, 2.24) is 15.3 Å². The number of nitrogens with zero attached hydrogens (tertiary/aromatic N) is 3. The van der Waals surface area contributed by atoms with Crippen LogP contribution in [-0.4, -0.2) is 36.1 Å². The van der Waals surface area contributed by atoms with E-state index in [2.05, 4.69) is 15.2 Å². The van der Waals surface area contributed by atoms with E-state index in [0.29, 0.717) is 12.0 Å². The summed E-state index contributed by atoms with van der Waals surface area (Å²) in [6.07, 6.45) is 8.52. The average molecular weight is 246 g/mol. The van der Waals surface area contributed by atoms with Gasteiger partial charge in [0.1, 0.15) is 11.6 Å². The fourth-order valence-electron chi connectivity index (χ4n) is 2.95. The average Bonchev–Trinajstić information content (AvgIpc) is 2.39. The Morgan fingerprint density at radius 2 is 2.00 bits per heavy atom. The molecule has 0 unspecified atom stereocenters. The van der Waals surface area contributed by atoms with Crippen LogP contribution in [0.15, 0.2) is 12.3 Å². The van der Waals surface area contributed by atoms with E-state index in [1.54, 1.807) is 0 Å². The highest BCUT2D eigenvalue weighted by Crippen LogP contribution is 2.31. The Hall–Kier alpha value is -1.16. The number of hydrogen-bond acceptors (Lipinski definition) is 4. The largest absolute Gasteiger partial charge is 0.353 e. The minimum Gasteiger partial charge on any atom is -0.353 e. The van der Waals surface area contributed by atoms with Gasteiger partial charge in [0, 0.05) is 31.2 Å². The maximum Gasteiger partial charge on any atom is 0.133 e. The molecule has 2 aliphatic rings. The van der Waals surface area contributed by atoms with Gasteiger partial charge in [0.2, 0.25) is 0 Å². The zero-order valence-electron chi connectivity index (χ0n) is 11.1. The van der Waals surface area contributed by atoms with Crippen LogP contribution >= 0.6 is 0 Å². The lowest BCUT2D eigenvalue weighted by Gasteiger charge is -2.40. The molecule has 1 aliphatic heterocycles. The van der Waals surface area contributed by atoms with Crippen LogP contribution in [0.25, 0.3) is 0 Å². The molecule has 0 amide bonds. The number of nitrogens with one attached hydrogen (secondary N) is 1. The summed E-state index contributed by atoms with van der Waals surface area (Å²) >= 11 is 0. The summed E-state index contributed by atoms with van der Waals surface area (Å²) in [7, 11) is 2.02. The molecule has 0 radical (unpaired) electrons. The summed E-state index contributed by atoms with van der Waals surface area (Å²) in [5, 5.41) is 3.29. The predicted octanol–water partition coefficient (Wildman–Crippen LogP) is 1.93. The van der Waals surface area contributed by atoms with Gasteiger partial charge in [0.15, 0.2) is 0 Å². The Labute approximate surface area is 109 Å². The van der Waals surface area contributed by atoms with Crippen LogP contribution in [0.4, 0.5) is 5.82 Å². The molecule has 1 aromatic heterocycles. The monoisotopic (exact) mass is 246 g/mol. The van der Waals surface area contributed by atoms with Crippen LogP contribution in [0, 0.1) is 0 Å². The van der Waals surface area contributed by atoms with Gasteiger partial charge in [-0.3, -0.25) is 0 Å². The molecule has 2 heterocycles. The number of rotatable bonds is 3. The molecule has 1 aliphatic carbocycles. The van der Waals surface area contributed by atoms with Gasteiger partial charge in [0.05, 0.1) is 0 Å². The second-order valence-corrected chi connectivity index (χ2v) is 5.50. The minimum absolute atomic E-state index is 0.597. The second kappa shape index (κ2) is 5.22. The van der Waals surface area contributed by atoms with Gasteiger partial charge >= 0.3 is 0 Å². The number of hydrogen-bond donors (Lipinski definition) is 1. The van der Waals surface area contributed by atoms with Crippen molar-refractivity contribution in [3.8, 4) is 0 Å². The summed E-state index contributed by atoms with van der Waals surface area (Å²) in [6, 6.07) is 2.66. The van der Waals surface area contributed by atoms with Crippen molar-refractivity contribution in [2.75, 3.05) is 25.0 Å². The lowest BCUT2D eigenvalue weighted by molar-refractivity contribution is 0.423. The fraction of sp³-hybridized carbons (Fsp3) is 0.714. The van der Waals surface area contributed by atoms with Crippen LogP contribution in [0.5, 0.6) is 0 Å². The molecular weight excluding hydrogens is 224 g/mol. The molecule has 0 atom stereocenters. The zero-order valence-corrected chi connectivity index (χ0v) is 11.1. The summed E-state index contributed by atoms with van der Waals surface area (Å²) in [5.74, 6) is 2.78. The quantitative estimate of drug-likeness (QED) is 0.885. The predicted molar refractivity (Wildman–Crippen MR) is 72.9 cm³/mol. The summed E-state index contributed by atoms with van der Waals surface area (Å²) < 4.78 is 0. The normalized spacial score (nSPS) is 21.9. The number of likely N-dealkylation sites (N-methyl/N-ethyl adjacent to an activating group) is 1. The third-order valence-electron chi connectivity index (χ3n) is 4.24. The highest BCUT2D eigenvalue weighted by Gasteiger charge is 2.27. The molecule has 4 nitrogen and oxygen atoms in total. The van der Waals surface area contributed by atoms with E-state index in [1.165, 1.54) is 32.1 Å². The van der Waals surface area contributed by atoms with Crippen molar-refractivity contribution >= 4 is 5.82 Å². The third kappa shape index (κ3) is 2.34. The molecule has 1 N–H and O–H groups in total. The first kappa shape index (κ1) is 11.9. The van der Waals surface area contributed by atoms with Gasteiger partial charge in [-0.25, -0.2) is 9.97 Å². The maximum atomic E-state index is 4.77. The fourth-order valence-corrected chi connectivity index (χ4v) is 2.95. The van der Waals surface area contributed by atoms with Gasteiger partial charge in [-0.2, -0.15) is 0 Å². The first-order valence-electron chi connectivity index (χ1n) is 7.12. The molecule has 2 fully saturated rings. The van der Waals surface area contributed by atoms with E-state index in [0.717, 1.165) is 24.7 Å². The molecule has 18 heavy (non-hydrogen) atoms. The summed E-state index contributed by atoms with van der Waals surface area (Å²) in [5.41, 5.74) is 0. The van der Waals surface area contributed by atoms with Gasteiger partial charge in [0.25, 0.3) is 0 Å². The Morgan fingerprint density at radius 3 is 2.72 bits per heavy atom. The molecular formula is C14H22N4. The van der Waals surface area contributed by atoms with Crippen molar-refractivity contribution < 1.29 is 0 Å². The molecule has 98 valence electrons. The zero-order chi connectivity index (χ0) is 12.4. The van der Waals surface area contributed by atoms with Gasteiger partial charge in [-0.1, -0.05) is 19.3 Å². The SMILES string of the molecule is CNC1CN(c2ccnc(C3CCCCC3)n2)C1. The van der Waals surface area contributed by atoms with E-state index in [1.807, 2.05) is 19.3 Å². The van der Waals surface area contributed by atoms with Crippen molar-refractivity contribution in [2.24, 2.45) is 0 Å². The highest BCUT2D eigenvalue weighted by atomic mass is 15.3. The molecule has 1 saturated heterocycles. The van der Waals surface area contributed by atoms with E-state index < -0.39 is 0 Å². The lowest BCUT2D eigenvalue weighted by atomic mass is 9.89. The molecule has 0 bridgehead atoms. The first-order valence-corrected chi connectivity index (χ1v) is 7.12. The van der Waals surface area contributed by atoms with Crippen molar-refractivity contribution in [2.45, 2.75) is 44.1 Å². The van der Waals surface area contributed by atoms with Crippen molar-refractivity contribution in [1.29, 1.82) is 0 Å². The van der Waals surface area contributed by atoms with E-state index in [9.17, 15) is 0 Å². The van der Waals surface area contributed by atoms with E-state index in [4.69, 9.17) is 4.98 Å². The third-order valence-corrected chi connectivity index (χ3v) is 4.24. The first-order chi connectivity index (χ1) is 8.86. The lowest BCUT2D eigenvalue weighted by Crippen LogP contribution is -2.57. The van der Waals surface area contributed by atoms with Crippen LogP contribution in [0.1, 0.15) is 43.8 Å². The second-order valence-electron chi connectivity index (χ2n) is 5.50. The maximum absolute atomic E-state index is 4.77. The Morgan fingerprint density at radius 1 is 1.22 bits per heavy atom. The topological polar surface area (TPSA) is 41.0 Å². The van der Waals surface area contributed by atoms with E-state index in [-0.39, 0.29) is 0 Å². The standard InChI is InChI=1S/C14H22N4/c1-15-12-9-18(10-12)13-7-8-16-14(17-13)11-5-3-2-4-6-11/h7-8,11-12,15H,2-6,9-10H2,1H3. The number of anilines is 1. The Kier molecular flexibility index (Phi) is 3.46. The van der Waals surface area contributed by atoms with E-state index >= 15 is 0 Å². The van der Waals surface area contributed by atoms with Crippen LogP contribution in [0.2, 0.25) is 0 Å².